The van der Waals surface area contributed by atoms with Crippen LogP contribution in [0.4, 0.5) is 4.79 Å². The number of ether oxygens (including phenoxy) is 2. The van der Waals surface area contributed by atoms with Gasteiger partial charge in [-0.2, -0.15) is 0 Å². The standard InChI is InChI=1S/C27H34N2O6/c1-4-29(18(2)16-25(30)31)26(32)24(14-9-15-34-3)28-27(33)35-17-23-21-12-7-5-10-19(21)20-11-6-8-13-22(20)23/h5-8,10-13,18,23-24H,4,9,14-17H2,1-3H3,(H,28,33)(H,30,31). The molecule has 0 aliphatic heterocycles. The number of aliphatic carboxylic acids is 1. The van der Waals surface area contributed by atoms with Gasteiger partial charge < -0.3 is 24.8 Å². The van der Waals surface area contributed by atoms with Crippen molar-refractivity contribution in [2.45, 2.75) is 51.1 Å². The number of nitrogens with zero attached hydrogens (tertiary/aromatic N) is 1. The van der Waals surface area contributed by atoms with Gasteiger partial charge in [0, 0.05) is 32.2 Å². The zero-order valence-electron chi connectivity index (χ0n) is 20.5. The second kappa shape index (κ2) is 12.4. The van der Waals surface area contributed by atoms with Crippen LogP contribution in [0, 0.1) is 0 Å². The molecule has 35 heavy (non-hydrogen) atoms. The number of carboxylic acids is 1. The van der Waals surface area contributed by atoms with E-state index in [-0.39, 0.29) is 24.9 Å². The molecule has 8 nitrogen and oxygen atoms in total. The number of fused-ring (bicyclic) bond motifs is 3. The summed E-state index contributed by atoms with van der Waals surface area (Å²) in [5, 5.41) is 11.9. The van der Waals surface area contributed by atoms with Crippen molar-refractivity contribution in [1.29, 1.82) is 0 Å². The molecule has 0 spiro atoms. The van der Waals surface area contributed by atoms with Crippen LogP contribution in [0.15, 0.2) is 48.5 Å². The number of likely N-dealkylation sites (N-methyl/N-ethyl adjacent to an activating group) is 1. The van der Waals surface area contributed by atoms with Crippen molar-refractivity contribution in [3.05, 3.63) is 59.7 Å². The molecule has 1 aliphatic carbocycles. The van der Waals surface area contributed by atoms with E-state index < -0.39 is 24.1 Å². The third-order valence-corrected chi connectivity index (χ3v) is 6.40. The third-order valence-electron chi connectivity index (χ3n) is 6.40. The summed E-state index contributed by atoms with van der Waals surface area (Å²) >= 11 is 0. The molecule has 0 saturated heterocycles. The first-order chi connectivity index (χ1) is 16.9. The molecule has 1 aliphatic rings. The molecule has 0 fully saturated rings. The summed E-state index contributed by atoms with van der Waals surface area (Å²) < 4.78 is 10.7. The Morgan fingerprint density at radius 3 is 2.20 bits per heavy atom. The molecular weight excluding hydrogens is 448 g/mol. The van der Waals surface area contributed by atoms with Gasteiger partial charge in [0.15, 0.2) is 0 Å². The molecule has 2 atom stereocenters. The lowest BCUT2D eigenvalue weighted by molar-refractivity contribution is -0.141. The van der Waals surface area contributed by atoms with Crippen LogP contribution in [-0.2, 0) is 19.1 Å². The van der Waals surface area contributed by atoms with E-state index in [1.165, 1.54) is 4.90 Å². The van der Waals surface area contributed by atoms with Gasteiger partial charge in [-0.15, -0.1) is 0 Å². The number of carboxylic acid groups (broad SMARTS) is 1. The second-order valence-corrected chi connectivity index (χ2v) is 8.73. The lowest BCUT2D eigenvalue weighted by atomic mass is 9.98. The van der Waals surface area contributed by atoms with Crippen LogP contribution in [-0.4, -0.2) is 66.9 Å². The molecule has 2 aromatic rings. The van der Waals surface area contributed by atoms with Crippen molar-refractivity contribution < 1.29 is 29.0 Å². The lowest BCUT2D eigenvalue weighted by Gasteiger charge is -2.31. The van der Waals surface area contributed by atoms with Gasteiger partial charge in [0.2, 0.25) is 5.91 Å². The highest BCUT2D eigenvalue weighted by Crippen LogP contribution is 2.44. The monoisotopic (exact) mass is 482 g/mol. The quantitative estimate of drug-likeness (QED) is 0.443. The van der Waals surface area contributed by atoms with Gasteiger partial charge in [-0.1, -0.05) is 48.5 Å². The average molecular weight is 483 g/mol. The number of benzene rings is 2. The number of alkyl carbamates (subject to hydrolysis) is 1. The smallest absolute Gasteiger partial charge is 0.407 e. The predicted molar refractivity (Wildman–Crippen MR) is 132 cm³/mol. The first-order valence-electron chi connectivity index (χ1n) is 12.0. The van der Waals surface area contributed by atoms with E-state index in [0.29, 0.717) is 26.0 Å². The van der Waals surface area contributed by atoms with E-state index >= 15 is 0 Å². The molecule has 2 amide bonds. The largest absolute Gasteiger partial charge is 0.481 e. The molecule has 0 bridgehead atoms. The Morgan fingerprint density at radius 2 is 1.66 bits per heavy atom. The van der Waals surface area contributed by atoms with Gasteiger partial charge in [-0.3, -0.25) is 9.59 Å². The van der Waals surface area contributed by atoms with Crippen molar-refractivity contribution in [1.82, 2.24) is 10.2 Å². The number of methoxy groups -OCH3 is 1. The maximum Gasteiger partial charge on any atom is 0.407 e. The number of amides is 2. The minimum atomic E-state index is -0.982. The molecule has 0 heterocycles. The van der Waals surface area contributed by atoms with Crippen molar-refractivity contribution in [3.63, 3.8) is 0 Å². The number of carbonyl (C=O) groups excluding carboxylic acids is 2. The van der Waals surface area contributed by atoms with E-state index in [2.05, 4.69) is 17.4 Å². The van der Waals surface area contributed by atoms with Crippen LogP contribution in [0.25, 0.3) is 11.1 Å². The fourth-order valence-corrected chi connectivity index (χ4v) is 4.72. The predicted octanol–water partition coefficient (Wildman–Crippen LogP) is 4.03. The van der Waals surface area contributed by atoms with Crippen LogP contribution in [0.2, 0.25) is 0 Å². The SMILES string of the molecule is CCN(C(=O)C(CCCOC)NC(=O)OCC1c2ccccc2-c2ccccc21)C(C)CC(=O)O. The van der Waals surface area contributed by atoms with Crippen molar-refractivity contribution >= 4 is 18.0 Å². The summed E-state index contributed by atoms with van der Waals surface area (Å²) in [5.74, 6) is -1.39. The summed E-state index contributed by atoms with van der Waals surface area (Å²) in [7, 11) is 1.57. The highest BCUT2D eigenvalue weighted by Gasteiger charge is 2.31. The molecule has 2 N–H and O–H groups in total. The van der Waals surface area contributed by atoms with Crippen molar-refractivity contribution in [2.24, 2.45) is 0 Å². The number of rotatable bonds is 12. The number of carbonyl (C=O) groups is 3. The van der Waals surface area contributed by atoms with Crippen LogP contribution < -0.4 is 5.32 Å². The zero-order chi connectivity index (χ0) is 25.4. The Balaban J connectivity index is 1.69. The number of nitrogens with one attached hydrogen (secondary N) is 1. The second-order valence-electron chi connectivity index (χ2n) is 8.73. The molecule has 188 valence electrons. The summed E-state index contributed by atoms with van der Waals surface area (Å²) in [6.45, 7) is 4.39. The topological polar surface area (TPSA) is 105 Å². The fourth-order valence-electron chi connectivity index (χ4n) is 4.72. The van der Waals surface area contributed by atoms with Crippen LogP contribution in [0.3, 0.4) is 0 Å². The van der Waals surface area contributed by atoms with Gasteiger partial charge in [0.05, 0.1) is 6.42 Å². The van der Waals surface area contributed by atoms with Gasteiger partial charge in [-0.25, -0.2) is 4.79 Å². The van der Waals surface area contributed by atoms with E-state index in [1.807, 2.05) is 36.4 Å². The van der Waals surface area contributed by atoms with Crippen LogP contribution >= 0.6 is 0 Å². The maximum absolute atomic E-state index is 13.2. The first kappa shape index (κ1) is 26.2. The Kier molecular flexibility index (Phi) is 9.25. The molecule has 0 radical (unpaired) electrons. The third kappa shape index (κ3) is 6.39. The Bertz CT molecular complexity index is 994. The average Bonchev–Trinajstić information content (AvgIpc) is 3.16. The van der Waals surface area contributed by atoms with E-state index in [1.54, 1.807) is 21.0 Å². The van der Waals surface area contributed by atoms with E-state index in [9.17, 15) is 14.4 Å². The first-order valence-corrected chi connectivity index (χ1v) is 12.0. The summed E-state index contributed by atoms with van der Waals surface area (Å²) in [4.78, 5) is 38.7. The Labute approximate surface area is 206 Å². The van der Waals surface area contributed by atoms with Crippen molar-refractivity contribution in [3.8, 4) is 11.1 Å². The molecular formula is C27H34N2O6. The summed E-state index contributed by atoms with van der Waals surface area (Å²) in [5.41, 5.74) is 4.48. The normalized spacial score (nSPS) is 13.9. The lowest BCUT2D eigenvalue weighted by Crippen LogP contribution is -2.51. The van der Waals surface area contributed by atoms with E-state index in [4.69, 9.17) is 14.6 Å². The van der Waals surface area contributed by atoms with Gasteiger partial charge in [0.25, 0.3) is 0 Å². The minimum Gasteiger partial charge on any atom is -0.481 e. The van der Waals surface area contributed by atoms with Gasteiger partial charge >= 0.3 is 12.1 Å². The number of hydrogen-bond donors (Lipinski definition) is 2. The highest BCUT2D eigenvalue weighted by molar-refractivity contribution is 5.86. The van der Waals surface area contributed by atoms with Crippen LogP contribution in [0.5, 0.6) is 0 Å². The molecule has 3 rings (SSSR count). The molecule has 2 aromatic carbocycles. The van der Waals surface area contributed by atoms with Crippen molar-refractivity contribution in [2.75, 3.05) is 26.9 Å². The number of hydrogen-bond acceptors (Lipinski definition) is 5. The molecule has 0 aromatic heterocycles. The minimum absolute atomic E-state index is 0.0847. The maximum atomic E-state index is 13.2. The van der Waals surface area contributed by atoms with Crippen LogP contribution in [0.1, 0.15) is 50.2 Å². The van der Waals surface area contributed by atoms with Gasteiger partial charge in [0.1, 0.15) is 12.6 Å². The molecule has 8 heteroatoms. The molecule has 0 saturated carbocycles. The van der Waals surface area contributed by atoms with E-state index in [0.717, 1.165) is 22.3 Å². The summed E-state index contributed by atoms with van der Waals surface area (Å²) in [6.07, 6.45) is 0.0637. The molecule has 2 unspecified atom stereocenters. The fraction of sp³-hybridized carbons (Fsp3) is 0.444. The van der Waals surface area contributed by atoms with Gasteiger partial charge in [-0.05, 0) is 48.9 Å². The highest BCUT2D eigenvalue weighted by atomic mass is 16.5. The Morgan fingerprint density at radius 1 is 1.06 bits per heavy atom. The Hall–Kier alpha value is -3.39. The summed E-state index contributed by atoms with van der Waals surface area (Å²) in [6, 6.07) is 14.8. The zero-order valence-corrected chi connectivity index (χ0v) is 20.5.